The first-order valence-electron chi connectivity index (χ1n) is 7.51. The van der Waals surface area contributed by atoms with Crippen LogP contribution in [0.25, 0.3) is 10.9 Å². The van der Waals surface area contributed by atoms with Gasteiger partial charge in [0.1, 0.15) is 5.82 Å². The number of aromatic amines is 1. The van der Waals surface area contributed by atoms with Crippen LogP contribution >= 0.6 is 0 Å². The Balaban J connectivity index is 1.72. The molecule has 2 saturated heterocycles. The first-order valence-corrected chi connectivity index (χ1v) is 7.51. The Morgan fingerprint density at radius 1 is 1.05 bits per heavy atom. The van der Waals surface area contributed by atoms with Gasteiger partial charge in [0.15, 0.2) is 0 Å². The quantitative estimate of drug-likeness (QED) is 0.818. The molecule has 0 radical (unpaired) electrons. The van der Waals surface area contributed by atoms with Crippen molar-refractivity contribution in [1.29, 1.82) is 0 Å². The van der Waals surface area contributed by atoms with Crippen LogP contribution in [0.1, 0.15) is 35.8 Å². The van der Waals surface area contributed by atoms with Crippen molar-refractivity contribution < 1.29 is 0 Å². The van der Waals surface area contributed by atoms with Gasteiger partial charge in [-0.2, -0.15) is 0 Å². The Morgan fingerprint density at radius 3 is 2.63 bits per heavy atom. The molecule has 2 aromatic rings. The Morgan fingerprint density at radius 2 is 1.89 bits per heavy atom. The van der Waals surface area contributed by atoms with Crippen LogP contribution in [0.3, 0.4) is 0 Å². The number of nitrogens with zero attached hydrogens (tertiary/aromatic N) is 1. The second kappa shape index (κ2) is 3.54. The molecule has 98 valence electrons. The summed E-state index contributed by atoms with van der Waals surface area (Å²) in [6.07, 6.45) is 2.68. The third-order valence-corrected chi connectivity index (χ3v) is 5.31. The van der Waals surface area contributed by atoms with Crippen molar-refractivity contribution in [3.63, 3.8) is 0 Å². The molecule has 0 saturated carbocycles. The minimum atomic E-state index is 0.732. The van der Waals surface area contributed by atoms with Crippen molar-refractivity contribution in [3.05, 3.63) is 29.3 Å². The van der Waals surface area contributed by atoms with Gasteiger partial charge in [0.2, 0.25) is 0 Å². The van der Waals surface area contributed by atoms with Crippen molar-refractivity contribution in [2.24, 2.45) is 0 Å². The van der Waals surface area contributed by atoms with Gasteiger partial charge < -0.3 is 15.2 Å². The van der Waals surface area contributed by atoms with Crippen LogP contribution in [-0.2, 0) is 0 Å². The predicted molar refractivity (Wildman–Crippen MR) is 78.1 cm³/mol. The van der Waals surface area contributed by atoms with Gasteiger partial charge in [0.25, 0.3) is 0 Å². The van der Waals surface area contributed by atoms with Gasteiger partial charge in [0, 0.05) is 48.6 Å². The number of nitrogens with one attached hydrogen (secondary N) is 2. The SMILES string of the molecule is c1cc2[nH]c3c(c2cc1C1CNC1)C1CCN3CC1. The molecule has 0 amide bonds. The van der Waals surface area contributed by atoms with Gasteiger partial charge in [-0.05, 0) is 36.5 Å². The molecule has 2 fully saturated rings. The maximum absolute atomic E-state index is 3.66. The third-order valence-electron chi connectivity index (χ3n) is 5.31. The summed E-state index contributed by atoms with van der Waals surface area (Å²) in [5.41, 5.74) is 4.46. The van der Waals surface area contributed by atoms with Crippen LogP contribution in [0.2, 0.25) is 0 Å². The Hall–Kier alpha value is -1.48. The molecule has 0 aliphatic carbocycles. The van der Waals surface area contributed by atoms with Crippen molar-refractivity contribution in [2.75, 3.05) is 31.1 Å². The fourth-order valence-electron chi connectivity index (χ4n) is 4.05. The van der Waals surface area contributed by atoms with Gasteiger partial charge in [-0.3, -0.25) is 0 Å². The average Bonchev–Trinajstić information content (AvgIpc) is 2.79. The molecule has 0 atom stereocenters. The lowest BCUT2D eigenvalue weighted by atomic mass is 9.83. The summed E-state index contributed by atoms with van der Waals surface area (Å²) in [6, 6.07) is 7.06. The number of piperidine rings is 1. The number of H-pyrrole nitrogens is 1. The standard InChI is InChI=1S/C16H19N3/c1-2-14-13(7-11(1)12-8-17-9-12)15-10-3-5-19(6-4-10)16(15)18-14/h1-2,7,10,12,17-18H,3-6,8-9H2. The first kappa shape index (κ1) is 10.3. The van der Waals surface area contributed by atoms with Gasteiger partial charge >= 0.3 is 0 Å². The topological polar surface area (TPSA) is 31.1 Å². The summed E-state index contributed by atoms with van der Waals surface area (Å²) in [5.74, 6) is 2.95. The number of anilines is 1. The number of rotatable bonds is 1. The van der Waals surface area contributed by atoms with E-state index in [0.29, 0.717) is 0 Å². The molecular weight excluding hydrogens is 234 g/mol. The van der Waals surface area contributed by atoms with E-state index in [-0.39, 0.29) is 0 Å². The lowest BCUT2D eigenvalue weighted by Gasteiger charge is -2.40. The minimum absolute atomic E-state index is 0.732. The highest BCUT2D eigenvalue weighted by molar-refractivity contribution is 5.91. The summed E-state index contributed by atoms with van der Waals surface area (Å²) >= 11 is 0. The van der Waals surface area contributed by atoms with E-state index in [1.54, 1.807) is 5.56 Å². The van der Waals surface area contributed by atoms with Crippen molar-refractivity contribution in [2.45, 2.75) is 24.7 Å². The number of hydrogen-bond donors (Lipinski definition) is 2. The molecule has 2 bridgehead atoms. The summed E-state index contributed by atoms with van der Waals surface area (Å²) in [6.45, 7) is 4.77. The molecule has 4 aliphatic heterocycles. The highest BCUT2D eigenvalue weighted by Crippen LogP contribution is 2.46. The smallest absolute Gasteiger partial charge is 0.110 e. The molecule has 3 heteroatoms. The molecule has 6 rings (SSSR count). The van der Waals surface area contributed by atoms with E-state index in [1.807, 2.05) is 0 Å². The third kappa shape index (κ3) is 1.31. The number of aromatic nitrogens is 1. The van der Waals surface area contributed by atoms with Crippen LogP contribution < -0.4 is 10.2 Å². The van der Waals surface area contributed by atoms with E-state index in [1.165, 1.54) is 48.2 Å². The fourth-order valence-corrected chi connectivity index (χ4v) is 4.05. The maximum atomic E-state index is 3.66. The van der Waals surface area contributed by atoms with E-state index < -0.39 is 0 Å². The minimum Gasteiger partial charge on any atom is -0.358 e. The van der Waals surface area contributed by atoms with E-state index in [9.17, 15) is 0 Å². The number of hydrogen-bond acceptors (Lipinski definition) is 2. The monoisotopic (exact) mass is 253 g/mol. The molecule has 0 spiro atoms. The number of benzene rings is 1. The predicted octanol–water partition coefficient (Wildman–Crippen LogP) is 2.55. The van der Waals surface area contributed by atoms with E-state index in [0.717, 1.165) is 24.9 Å². The molecule has 1 aromatic carbocycles. The normalized spacial score (nSPS) is 22.8. The highest BCUT2D eigenvalue weighted by atomic mass is 15.2. The summed E-state index contributed by atoms with van der Waals surface area (Å²) in [7, 11) is 0. The Bertz CT molecular complexity index is 645. The summed E-state index contributed by atoms with van der Waals surface area (Å²) in [4.78, 5) is 6.20. The molecule has 4 aliphatic rings. The van der Waals surface area contributed by atoms with Gasteiger partial charge in [-0.15, -0.1) is 0 Å². The second-order valence-corrected chi connectivity index (χ2v) is 6.31. The van der Waals surface area contributed by atoms with Crippen LogP contribution in [0.15, 0.2) is 18.2 Å². The second-order valence-electron chi connectivity index (χ2n) is 6.31. The average molecular weight is 253 g/mol. The lowest BCUT2D eigenvalue weighted by molar-refractivity contribution is 0.448. The van der Waals surface area contributed by atoms with Gasteiger partial charge in [-0.1, -0.05) is 6.07 Å². The van der Waals surface area contributed by atoms with E-state index >= 15 is 0 Å². The van der Waals surface area contributed by atoms with Crippen molar-refractivity contribution in [3.8, 4) is 0 Å². The molecular formula is C16H19N3. The van der Waals surface area contributed by atoms with E-state index in [4.69, 9.17) is 0 Å². The summed E-state index contributed by atoms with van der Waals surface area (Å²) in [5, 5.41) is 4.87. The zero-order valence-electron chi connectivity index (χ0n) is 11.1. The highest BCUT2D eigenvalue weighted by Gasteiger charge is 2.34. The fraction of sp³-hybridized carbons (Fsp3) is 0.500. The lowest BCUT2D eigenvalue weighted by Crippen LogP contribution is -2.39. The molecule has 2 N–H and O–H groups in total. The zero-order chi connectivity index (χ0) is 12.4. The maximum Gasteiger partial charge on any atom is 0.110 e. The van der Waals surface area contributed by atoms with Crippen LogP contribution in [0, 0.1) is 0 Å². The van der Waals surface area contributed by atoms with Crippen molar-refractivity contribution >= 4 is 16.7 Å². The van der Waals surface area contributed by atoms with Crippen molar-refractivity contribution in [1.82, 2.24) is 10.3 Å². The molecule has 5 heterocycles. The Kier molecular flexibility index (Phi) is 1.92. The molecule has 0 unspecified atom stereocenters. The summed E-state index contributed by atoms with van der Waals surface area (Å²) < 4.78 is 0. The molecule has 1 aromatic heterocycles. The van der Waals surface area contributed by atoms with Crippen LogP contribution in [0.4, 0.5) is 5.82 Å². The molecule has 19 heavy (non-hydrogen) atoms. The van der Waals surface area contributed by atoms with E-state index in [2.05, 4.69) is 33.4 Å². The van der Waals surface area contributed by atoms with Gasteiger partial charge in [0.05, 0.1) is 0 Å². The van der Waals surface area contributed by atoms with Crippen LogP contribution in [0.5, 0.6) is 0 Å². The van der Waals surface area contributed by atoms with Gasteiger partial charge in [-0.25, -0.2) is 0 Å². The first-order chi connectivity index (χ1) is 9.40. The largest absolute Gasteiger partial charge is 0.358 e. The molecule has 3 nitrogen and oxygen atoms in total. The van der Waals surface area contributed by atoms with Crippen LogP contribution in [-0.4, -0.2) is 31.2 Å². The number of fused-ring (bicyclic) bond motifs is 3. The zero-order valence-corrected chi connectivity index (χ0v) is 11.1. The Labute approximate surface area is 113 Å².